The lowest BCUT2D eigenvalue weighted by Gasteiger charge is -2.27. The summed E-state index contributed by atoms with van der Waals surface area (Å²) >= 11 is 0. The van der Waals surface area contributed by atoms with Gasteiger partial charge in [-0.25, -0.2) is 4.79 Å². The van der Waals surface area contributed by atoms with Gasteiger partial charge in [-0.2, -0.15) is 5.26 Å². The molecule has 0 aliphatic carbocycles. The Morgan fingerprint density at radius 2 is 1.95 bits per heavy atom. The van der Waals surface area contributed by atoms with Crippen LogP contribution in [0.2, 0.25) is 0 Å². The number of allylic oxidation sites excluding steroid dienone is 1. The first-order chi connectivity index (χ1) is 18.0. The van der Waals surface area contributed by atoms with Crippen LogP contribution in [0.1, 0.15) is 47.2 Å². The molecule has 188 valence electrons. The largest absolute Gasteiger partial charge is 0.493 e. The zero-order valence-electron chi connectivity index (χ0n) is 20.6. The minimum Gasteiger partial charge on any atom is -0.493 e. The molecule has 0 spiro atoms. The van der Waals surface area contributed by atoms with Gasteiger partial charge in [0.15, 0.2) is 0 Å². The summed E-state index contributed by atoms with van der Waals surface area (Å²) in [5, 5.41) is 9.84. The standard InChI is InChI=1S/C30H28N2O5/c1-3-5-16-35-26-12-7-6-11-24(26)30(33)36-22-13-14-23-27(18-22)37-29(32)25(19-31)28(23)20-9-8-10-21(17-20)34-15-4-2/h4,6-14,17-18,28H,2-3,5,15-16,32H2,1H3. The molecule has 0 saturated heterocycles. The van der Waals surface area contributed by atoms with E-state index in [1.807, 2.05) is 30.3 Å². The van der Waals surface area contributed by atoms with Crippen LogP contribution in [-0.4, -0.2) is 19.2 Å². The molecule has 0 saturated carbocycles. The molecule has 3 aromatic carbocycles. The van der Waals surface area contributed by atoms with Crippen LogP contribution in [0.3, 0.4) is 0 Å². The number of esters is 1. The van der Waals surface area contributed by atoms with E-state index < -0.39 is 11.9 Å². The fourth-order valence-corrected chi connectivity index (χ4v) is 4.03. The third kappa shape index (κ3) is 5.76. The van der Waals surface area contributed by atoms with Gasteiger partial charge in [0, 0.05) is 11.6 Å². The number of para-hydroxylation sites is 1. The van der Waals surface area contributed by atoms with Gasteiger partial charge < -0.3 is 24.7 Å². The fraction of sp³-hybridized carbons (Fsp3) is 0.200. The highest BCUT2D eigenvalue weighted by Gasteiger charge is 2.31. The van der Waals surface area contributed by atoms with Crippen molar-refractivity contribution in [3.63, 3.8) is 0 Å². The Morgan fingerprint density at radius 1 is 1.11 bits per heavy atom. The Kier molecular flexibility index (Phi) is 8.11. The minimum absolute atomic E-state index is 0.00411. The first-order valence-electron chi connectivity index (χ1n) is 12.0. The van der Waals surface area contributed by atoms with Crippen molar-refractivity contribution in [3.05, 3.63) is 108 Å². The molecule has 1 unspecified atom stereocenters. The number of hydrogen-bond donors (Lipinski definition) is 1. The third-order valence-electron chi connectivity index (χ3n) is 5.82. The molecule has 0 radical (unpaired) electrons. The van der Waals surface area contributed by atoms with Crippen molar-refractivity contribution in [2.45, 2.75) is 25.7 Å². The summed E-state index contributed by atoms with van der Waals surface area (Å²) in [5.41, 5.74) is 8.29. The molecule has 3 aromatic rings. The zero-order chi connectivity index (χ0) is 26.2. The lowest BCUT2D eigenvalue weighted by Crippen LogP contribution is -2.21. The van der Waals surface area contributed by atoms with Crippen molar-refractivity contribution in [1.82, 2.24) is 0 Å². The summed E-state index contributed by atoms with van der Waals surface area (Å²) in [7, 11) is 0. The first-order valence-corrected chi connectivity index (χ1v) is 12.0. The molecule has 0 fully saturated rings. The van der Waals surface area contributed by atoms with E-state index in [1.165, 1.54) is 0 Å². The molecular formula is C30H28N2O5. The number of unbranched alkanes of at least 4 members (excludes halogenated alkanes) is 1. The van der Waals surface area contributed by atoms with Crippen molar-refractivity contribution in [3.8, 4) is 29.1 Å². The first kappa shape index (κ1) is 25.4. The van der Waals surface area contributed by atoms with E-state index in [0.717, 1.165) is 24.0 Å². The minimum atomic E-state index is -0.548. The van der Waals surface area contributed by atoms with E-state index >= 15 is 0 Å². The number of rotatable bonds is 10. The van der Waals surface area contributed by atoms with Crippen molar-refractivity contribution < 1.29 is 23.7 Å². The number of nitrogens with two attached hydrogens (primary N) is 1. The molecule has 0 bridgehead atoms. The zero-order valence-corrected chi connectivity index (χ0v) is 20.6. The third-order valence-corrected chi connectivity index (χ3v) is 5.82. The van der Waals surface area contributed by atoms with Crippen LogP contribution in [-0.2, 0) is 0 Å². The number of carbonyl (C=O) groups excluding carboxylic acids is 1. The molecule has 37 heavy (non-hydrogen) atoms. The summed E-state index contributed by atoms with van der Waals surface area (Å²) in [6, 6.07) is 21.6. The molecule has 2 N–H and O–H groups in total. The van der Waals surface area contributed by atoms with Crippen LogP contribution >= 0.6 is 0 Å². The predicted octanol–water partition coefficient (Wildman–Crippen LogP) is 5.87. The van der Waals surface area contributed by atoms with Crippen molar-refractivity contribution >= 4 is 5.97 Å². The van der Waals surface area contributed by atoms with E-state index in [-0.39, 0.29) is 17.2 Å². The number of nitrogens with zero attached hydrogens (tertiary/aromatic N) is 1. The van der Waals surface area contributed by atoms with Gasteiger partial charge in [0.05, 0.1) is 12.5 Å². The van der Waals surface area contributed by atoms with Crippen LogP contribution in [0.4, 0.5) is 0 Å². The van der Waals surface area contributed by atoms with Gasteiger partial charge in [0.1, 0.15) is 46.8 Å². The number of carbonyl (C=O) groups is 1. The molecule has 1 aliphatic rings. The number of ether oxygens (including phenoxy) is 4. The van der Waals surface area contributed by atoms with E-state index in [2.05, 4.69) is 19.6 Å². The molecule has 1 heterocycles. The topological polar surface area (TPSA) is 104 Å². The highest BCUT2D eigenvalue weighted by Crippen LogP contribution is 2.44. The van der Waals surface area contributed by atoms with Gasteiger partial charge in [-0.3, -0.25) is 0 Å². The molecule has 1 atom stereocenters. The van der Waals surface area contributed by atoms with E-state index in [0.29, 0.717) is 36.0 Å². The summed E-state index contributed by atoms with van der Waals surface area (Å²) < 4.78 is 22.9. The van der Waals surface area contributed by atoms with E-state index in [1.54, 1.807) is 42.5 Å². The molecule has 1 aliphatic heterocycles. The second-order valence-corrected chi connectivity index (χ2v) is 8.38. The average Bonchev–Trinajstić information content (AvgIpc) is 2.91. The van der Waals surface area contributed by atoms with Gasteiger partial charge in [0.25, 0.3) is 0 Å². The number of nitriles is 1. The lowest BCUT2D eigenvalue weighted by molar-refractivity contribution is 0.0730. The Hall–Kier alpha value is -4.70. The maximum Gasteiger partial charge on any atom is 0.347 e. The normalized spacial score (nSPS) is 14.1. The molecule has 0 amide bonds. The van der Waals surface area contributed by atoms with Crippen LogP contribution in [0.5, 0.6) is 23.0 Å². The van der Waals surface area contributed by atoms with E-state index in [9.17, 15) is 10.1 Å². The monoisotopic (exact) mass is 496 g/mol. The van der Waals surface area contributed by atoms with Gasteiger partial charge in [-0.1, -0.05) is 56.3 Å². The quantitative estimate of drug-likeness (QED) is 0.162. The number of benzene rings is 3. The molecular weight excluding hydrogens is 468 g/mol. The van der Waals surface area contributed by atoms with Crippen molar-refractivity contribution in [2.75, 3.05) is 13.2 Å². The van der Waals surface area contributed by atoms with Gasteiger partial charge >= 0.3 is 5.97 Å². The van der Waals surface area contributed by atoms with Crippen LogP contribution in [0, 0.1) is 11.3 Å². The highest BCUT2D eigenvalue weighted by atomic mass is 16.5. The fourth-order valence-electron chi connectivity index (χ4n) is 4.03. The Labute approximate surface area is 216 Å². The van der Waals surface area contributed by atoms with Crippen molar-refractivity contribution in [2.24, 2.45) is 5.73 Å². The molecule has 0 aromatic heterocycles. The smallest absolute Gasteiger partial charge is 0.347 e. The maximum absolute atomic E-state index is 13.0. The average molecular weight is 497 g/mol. The van der Waals surface area contributed by atoms with Crippen LogP contribution in [0.25, 0.3) is 0 Å². The second kappa shape index (κ2) is 11.8. The summed E-state index contributed by atoms with van der Waals surface area (Å²) in [4.78, 5) is 13.0. The summed E-state index contributed by atoms with van der Waals surface area (Å²) in [6.45, 7) is 6.62. The maximum atomic E-state index is 13.0. The SMILES string of the molecule is C=CCOc1cccc(C2C(C#N)=C(N)Oc3cc(OC(=O)c4ccccc4OCCCC)ccc32)c1. The van der Waals surface area contributed by atoms with Crippen LogP contribution in [0.15, 0.2) is 90.8 Å². The highest BCUT2D eigenvalue weighted by molar-refractivity contribution is 5.94. The number of fused-ring (bicyclic) bond motifs is 1. The van der Waals surface area contributed by atoms with Crippen LogP contribution < -0.4 is 24.7 Å². The van der Waals surface area contributed by atoms with Crippen molar-refractivity contribution in [1.29, 1.82) is 5.26 Å². The van der Waals surface area contributed by atoms with E-state index in [4.69, 9.17) is 24.7 Å². The Bertz CT molecular complexity index is 1370. The Morgan fingerprint density at radius 3 is 2.73 bits per heavy atom. The van der Waals surface area contributed by atoms with Gasteiger partial charge in [-0.15, -0.1) is 0 Å². The van der Waals surface area contributed by atoms with Gasteiger partial charge in [0.2, 0.25) is 5.88 Å². The molecule has 4 rings (SSSR count). The Balaban J connectivity index is 1.62. The second-order valence-electron chi connectivity index (χ2n) is 8.38. The summed E-state index contributed by atoms with van der Waals surface area (Å²) in [5.74, 6) is 0.770. The summed E-state index contributed by atoms with van der Waals surface area (Å²) in [6.07, 6.45) is 3.53. The predicted molar refractivity (Wildman–Crippen MR) is 140 cm³/mol. The van der Waals surface area contributed by atoms with Gasteiger partial charge in [-0.05, 0) is 42.3 Å². The lowest BCUT2D eigenvalue weighted by atomic mass is 9.83. The number of hydrogen-bond acceptors (Lipinski definition) is 7. The molecule has 7 heteroatoms. The molecule has 7 nitrogen and oxygen atoms in total.